The van der Waals surface area contributed by atoms with Crippen molar-refractivity contribution in [2.45, 2.75) is 19.3 Å². The van der Waals surface area contributed by atoms with Crippen LogP contribution in [0, 0.1) is 0 Å². The Morgan fingerprint density at radius 1 is 0.833 bits per heavy atom. The van der Waals surface area contributed by atoms with E-state index >= 15 is 0 Å². The van der Waals surface area contributed by atoms with Gasteiger partial charge in [-0.1, -0.05) is 42.5 Å². The van der Waals surface area contributed by atoms with Crippen LogP contribution in [-0.2, 0) is 19.3 Å². The van der Waals surface area contributed by atoms with Crippen LogP contribution in [0.1, 0.15) is 43.2 Å². The zero-order valence-corrected chi connectivity index (χ0v) is 16.3. The fourth-order valence-corrected chi connectivity index (χ4v) is 3.27. The largest absolute Gasteiger partial charge is 0.505 e. The lowest BCUT2D eigenvalue weighted by Gasteiger charge is -2.14. The molecule has 3 N–H and O–H groups in total. The van der Waals surface area contributed by atoms with Crippen molar-refractivity contribution in [3.8, 4) is 11.5 Å². The quantitative estimate of drug-likeness (QED) is 0.522. The number of pyridine rings is 1. The molecule has 1 heterocycles. The van der Waals surface area contributed by atoms with E-state index in [0.29, 0.717) is 12.2 Å². The SMILES string of the molecule is COc1ccc(CCc2nc(Cc3ccccc3)c(O)c(C(=O)O)c2C(=O)O)cc1. The Morgan fingerprint density at radius 2 is 1.47 bits per heavy atom. The Morgan fingerprint density at radius 3 is 2.03 bits per heavy atom. The van der Waals surface area contributed by atoms with E-state index < -0.39 is 28.8 Å². The average Bonchev–Trinajstić information content (AvgIpc) is 2.74. The first-order valence-corrected chi connectivity index (χ1v) is 9.28. The summed E-state index contributed by atoms with van der Waals surface area (Å²) in [7, 11) is 1.57. The molecular formula is C23H21NO6. The molecule has 0 saturated carbocycles. The summed E-state index contributed by atoms with van der Waals surface area (Å²) in [6.07, 6.45) is 0.838. The van der Waals surface area contributed by atoms with Crippen LogP contribution >= 0.6 is 0 Å². The van der Waals surface area contributed by atoms with E-state index in [4.69, 9.17) is 4.74 Å². The number of benzene rings is 2. The van der Waals surface area contributed by atoms with Gasteiger partial charge in [0, 0.05) is 6.42 Å². The second kappa shape index (κ2) is 9.09. The van der Waals surface area contributed by atoms with Gasteiger partial charge in [-0.2, -0.15) is 0 Å². The highest BCUT2D eigenvalue weighted by atomic mass is 16.5. The van der Waals surface area contributed by atoms with Gasteiger partial charge >= 0.3 is 11.9 Å². The van der Waals surface area contributed by atoms with Crippen molar-refractivity contribution >= 4 is 11.9 Å². The van der Waals surface area contributed by atoms with Crippen molar-refractivity contribution in [1.29, 1.82) is 0 Å². The number of aromatic nitrogens is 1. The third-order valence-corrected chi connectivity index (χ3v) is 4.77. The molecule has 3 rings (SSSR count). The number of rotatable bonds is 8. The Kier molecular flexibility index (Phi) is 6.32. The minimum atomic E-state index is -1.51. The van der Waals surface area contributed by atoms with Crippen LogP contribution in [0.25, 0.3) is 0 Å². The summed E-state index contributed by atoms with van der Waals surface area (Å²) >= 11 is 0. The number of aromatic hydroxyl groups is 1. The molecule has 7 nitrogen and oxygen atoms in total. The number of nitrogens with zero attached hydrogens (tertiary/aromatic N) is 1. The molecule has 154 valence electrons. The molecule has 0 radical (unpaired) electrons. The maximum Gasteiger partial charge on any atom is 0.340 e. The van der Waals surface area contributed by atoms with E-state index in [0.717, 1.165) is 11.1 Å². The van der Waals surface area contributed by atoms with Crippen LogP contribution in [0.4, 0.5) is 0 Å². The summed E-state index contributed by atoms with van der Waals surface area (Å²) in [4.78, 5) is 28.0. The van der Waals surface area contributed by atoms with Crippen molar-refractivity contribution in [2.75, 3.05) is 7.11 Å². The number of carboxylic acid groups (broad SMARTS) is 2. The van der Waals surface area contributed by atoms with Crippen molar-refractivity contribution in [3.05, 3.63) is 88.2 Å². The molecule has 0 atom stereocenters. The number of aromatic carboxylic acids is 2. The van der Waals surface area contributed by atoms with Crippen LogP contribution in [0.3, 0.4) is 0 Å². The van der Waals surface area contributed by atoms with Gasteiger partial charge in [-0.3, -0.25) is 4.98 Å². The molecule has 0 fully saturated rings. The van der Waals surface area contributed by atoms with Crippen molar-refractivity contribution in [1.82, 2.24) is 4.98 Å². The van der Waals surface area contributed by atoms with Crippen LogP contribution in [0.5, 0.6) is 11.5 Å². The zero-order valence-electron chi connectivity index (χ0n) is 16.3. The summed E-state index contributed by atoms with van der Waals surface area (Å²) < 4.78 is 5.13. The van der Waals surface area contributed by atoms with Crippen molar-refractivity contribution < 1.29 is 29.6 Å². The fraction of sp³-hybridized carbons (Fsp3) is 0.174. The normalized spacial score (nSPS) is 10.6. The summed E-state index contributed by atoms with van der Waals surface area (Å²) in [5.41, 5.74) is 0.885. The predicted molar refractivity (Wildman–Crippen MR) is 109 cm³/mol. The molecule has 0 unspecified atom stereocenters. The number of carboxylic acids is 2. The Labute approximate surface area is 173 Å². The molecule has 0 spiro atoms. The number of hydrogen-bond acceptors (Lipinski definition) is 5. The first kappa shape index (κ1) is 20.9. The van der Waals surface area contributed by atoms with Gasteiger partial charge < -0.3 is 20.1 Å². The molecule has 0 bridgehead atoms. The standard InChI is InChI=1S/C23H21NO6/c1-30-16-10-7-14(8-11-16)9-12-17-19(22(26)27)20(23(28)29)21(25)18(24-17)13-15-5-3-2-4-6-15/h2-8,10-11,25H,9,12-13H2,1H3,(H,26,27)(H,28,29). The van der Waals surface area contributed by atoms with Gasteiger partial charge in [0.15, 0.2) is 5.75 Å². The third kappa shape index (κ3) is 4.57. The van der Waals surface area contributed by atoms with E-state index in [1.165, 1.54) is 0 Å². The second-order valence-corrected chi connectivity index (χ2v) is 6.72. The van der Waals surface area contributed by atoms with E-state index in [-0.39, 0.29) is 24.2 Å². The molecule has 0 amide bonds. The number of carbonyl (C=O) groups is 2. The van der Waals surface area contributed by atoms with E-state index in [9.17, 15) is 24.9 Å². The maximum absolute atomic E-state index is 11.8. The van der Waals surface area contributed by atoms with Crippen LogP contribution in [0.2, 0.25) is 0 Å². The van der Waals surface area contributed by atoms with Crippen molar-refractivity contribution in [3.63, 3.8) is 0 Å². The predicted octanol–water partition coefficient (Wildman–Crippen LogP) is 3.57. The molecule has 7 heteroatoms. The highest BCUT2D eigenvalue weighted by Crippen LogP contribution is 2.30. The zero-order chi connectivity index (χ0) is 21.7. The molecule has 30 heavy (non-hydrogen) atoms. The summed E-state index contributed by atoms with van der Waals surface area (Å²) in [5, 5.41) is 29.7. The number of hydrogen-bond donors (Lipinski definition) is 3. The smallest absolute Gasteiger partial charge is 0.340 e. The van der Waals surface area contributed by atoms with E-state index in [1.807, 2.05) is 42.5 Å². The number of aryl methyl sites for hydroxylation is 2. The fourth-order valence-electron chi connectivity index (χ4n) is 3.27. The summed E-state index contributed by atoms with van der Waals surface area (Å²) in [5.74, 6) is -2.86. The molecule has 3 aromatic rings. The highest BCUT2D eigenvalue weighted by molar-refractivity contribution is 6.04. The van der Waals surface area contributed by atoms with Gasteiger partial charge in [-0.05, 0) is 36.1 Å². The molecule has 0 aliphatic carbocycles. The lowest BCUT2D eigenvalue weighted by molar-refractivity contribution is 0.0646. The minimum absolute atomic E-state index is 0.124. The van der Waals surface area contributed by atoms with Gasteiger partial charge in [-0.15, -0.1) is 0 Å². The van der Waals surface area contributed by atoms with Crippen LogP contribution < -0.4 is 4.74 Å². The molecule has 0 aliphatic heterocycles. The first-order valence-electron chi connectivity index (χ1n) is 9.28. The average molecular weight is 407 g/mol. The second-order valence-electron chi connectivity index (χ2n) is 6.72. The Hall–Kier alpha value is -3.87. The van der Waals surface area contributed by atoms with Gasteiger partial charge in [0.2, 0.25) is 0 Å². The Balaban J connectivity index is 2.02. The summed E-state index contributed by atoms with van der Waals surface area (Å²) in [6, 6.07) is 16.4. The van der Waals surface area contributed by atoms with Crippen LogP contribution in [0.15, 0.2) is 54.6 Å². The minimum Gasteiger partial charge on any atom is -0.505 e. The monoisotopic (exact) mass is 407 g/mol. The first-order chi connectivity index (χ1) is 14.4. The molecule has 1 aromatic heterocycles. The third-order valence-electron chi connectivity index (χ3n) is 4.77. The van der Waals surface area contributed by atoms with Crippen molar-refractivity contribution in [2.24, 2.45) is 0 Å². The maximum atomic E-state index is 11.8. The van der Waals surface area contributed by atoms with Gasteiger partial charge in [-0.25, -0.2) is 9.59 Å². The highest BCUT2D eigenvalue weighted by Gasteiger charge is 2.28. The Bertz CT molecular complexity index is 1060. The van der Waals surface area contributed by atoms with E-state index in [1.54, 1.807) is 19.2 Å². The van der Waals surface area contributed by atoms with Gasteiger partial charge in [0.05, 0.1) is 24.1 Å². The summed E-state index contributed by atoms with van der Waals surface area (Å²) in [6.45, 7) is 0. The van der Waals surface area contributed by atoms with E-state index in [2.05, 4.69) is 4.98 Å². The van der Waals surface area contributed by atoms with Gasteiger partial charge in [0.1, 0.15) is 11.3 Å². The van der Waals surface area contributed by atoms with Gasteiger partial charge in [0.25, 0.3) is 0 Å². The lowest BCUT2D eigenvalue weighted by Crippen LogP contribution is -2.16. The number of ether oxygens (including phenoxy) is 1. The molecule has 0 aliphatic rings. The molecule has 0 saturated heterocycles. The number of methoxy groups -OCH3 is 1. The van der Waals surface area contributed by atoms with Crippen LogP contribution in [-0.4, -0.2) is 39.4 Å². The lowest BCUT2D eigenvalue weighted by atomic mass is 9.97. The molecular weight excluding hydrogens is 386 g/mol. The molecule has 2 aromatic carbocycles. The topological polar surface area (TPSA) is 117 Å².